The molecule has 1 fully saturated rings. The number of alkyl halides is 3. The molecule has 1 N–H and O–H groups in total. The molecule has 0 spiro atoms. The van der Waals surface area contributed by atoms with E-state index in [4.69, 9.17) is 5.11 Å². The van der Waals surface area contributed by atoms with Crippen LogP contribution in [-0.4, -0.2) is 45.7 Å². The number of carboxylic acids is 1. The number of aromatic nitrogens is 1. The molecule has 0 aromatic carbocycles. The number of carbonyl (C=O) groups excluding carboxylic acids is 1. The van der Waals surface area contributed by atoms with Crippen molar-refractivity contribution in [2.24, 2.45) is 0 Å². The van der Waals surface area contributed by atoms with Gasteiger partial charge >= 0.3 is 12.1 Å². The summed E-state index contributed by atoms with van der Waals surface area (Å²) in [6, 6.07) is 3.11. The smallest absolute Gasteiger partial charge is 0.406 e. The molecule has 1 heterocycles. The van der Waals surface area contributed by atoms with Gasteiger partial charge in [0.05, 0.1) is 0 Å². The number of hydrogen-bond acceptors (Lipinski definition) is 2. The van der Waals surface area contributed by atoms with Crippen molar-refractivity contribution in [1.29, 1.82) is 0 Å². The Labute approximate surface area is 119 Å². The SMILES string of the molecule is O=C(O)CN(CC(F)(F)F)C(=O)c1cccn1C1CCC1. The molecule has 0 unspecified atom stereocenters. The zero-order valence-corrected chi connectivity index (χ0v) is 11.1. The Hall–Kier alpha value is -1.99. The first-order chi connectivity index (χ1) is 9.78. The summed E-state index contributed by atoms with van der Waals surface area (Å²) in [5.74, 6) is -2.39. The maximum Gasteiger partial charge on any atom is 0.406 e. The molecule has 1 amide bonds. The minimum atomic E-state index is -4.64. The van der Waals surface area contributed by atoms with Crippen LogP contribution in [0.4, 0.5) is 13.2 Å². The summed E-state index contributed by atoms with van der Waals surface area (Å²) < 4.78 is 39.1. The van der Waals surface area contributed by atoms with Crippen LogP contribution in [0.15, 0.2) is 18.3 Å². The molecule has 8 heteroatoms. The lowest BCUT2D eigenvalue weighted by Crippen LogP contribution is -2.43. The fourth-order valence-electron chi connectivity index (χ4n) is 2.30. The minimum absolute atomic E-state index is 0.102. The van der Waals surface area contributed by atoms with Gasteiger partial charge in [0.1, 0.15) is 18.8 Å². The van der Waals surface area contributed by atoms with Gasteiger partial charge in [-0.15, -0.1) is 0 Å². The van der Waals surface area contributed by atoms with Crippen LogP contribution in [0.25, 0.3) is 0 Å². The Morgan fingerprint density at radius 1 is 1.38 bits per heavy atom. The third-order valence-electron chi connectivity index (χ3n) is 3.45. The third kappa shape index (κ3) is 3.77. The number of nitrogens with zero attached hydrogens (tertiary/aromatic N) is 2. The average molecular weight is 304 g/mol. The number of carbonyl (C=O) groups is 2. The first kappa shape index (κ1) is 15.4. The number of aliphatic carboxylic acids is 1. The lowest BCUT2D eigenvalue weighted by Gasteiger charge is -2.30. The van der Waals surface area contributed by atoms with Crippen LogP contribution in [0.5, 0.6) is 0 Å². The van der Waals surface area contributed by atoms with Gasteiger partial charge in [-0.05, 0) is 31.4 Å². The number of carboxylic acid groups (broad SMARTS) is 1. The molecule has 0 saturated heterocycles. The van der Waals surface area contributed by atoms with Crippen LogP contribution in [0.2, 0.25) is 0 Å². The Bertz CT molecular complexity index is 535. The van der Waals surface area contributed by atoms with Crippen LogP contribution in [0.3, 0.4) is 0 Å². The van der Waals surface area contributed by atoms with E-state index >= 15 is 0 Å². The van der Waals surface area contributed by atoms with Crippen molar-refractivity contribution in [2.45, 2.75) is 31.5 Å². The Morgan fingerprint density at radius 2 is 2.05 bits per heavy atom. The van der Waals surface area contributed by atoms with Gasteiger partial charge in [-0.1, -0.05) is 0 Å². The molecule has 0 bridgehead atoms. The van der Waals surface area contributed by atoms with Gasteiger partial charge in [0.2, 0.25) is 0 Å². The Kier molecular flexibility index (Phi) is 4.24. The highest BCUT2D eigenvalue weighted by Crippen LogP contribution is 2.33. The van der Waals surface area contributed by atoms with E-state index in [1.807, 2.05) is 0 Å². The summed E-state index contributed by atoms with van der Waals surface area (Å²) in [5, 5.41) is 8.69. The second-order valence-corrected chi connectivity index (χ2v) is 5.06. The standard InChI is InChI=1S/C13H15F3N2O3/c14-13(15,16)8-17(7-11(19)20)12(21)10-5-2-6-18(10)9-3-1-4-9/h2,5-6,9H,1,3-4,7-8H2,(H,19,20). The fourth-order valence-corrected chi connectivity index (χ4v) is 2.30. The van der Waals surface area contributed by atoms with Crippen LogP contribution < -0.4 is 0 Å². The first-order valence-electron chi connectivity index (χ1n) is 6.52. The molecular formula is C13H15F3N2O3. The second-order valence-electron chi connectivity index (χ2n) is 5.06. The summed E-state index contributed by atoms with van der Waals surface area (Å²) in [4.78, 5) is 23.2. The monoisotopic (exact) mass is 304 g/mol. The zero-order chi connectivity index (χ0) is 15.6. The predicted molar refractivity (Wildman–Crippen MR) is 66.9 cm³/mol. The van der Waals surface area contributed by atoms with Crippen molar-refractivity contribution in [2.75, 3.05) is 13.1 Å². The van der Waals surface area contributed by atoms with Crippen LogP contribution in [0.1, 0.15) is 35.8 Å². The van der Waals surface area contributed by atoms with Crippen LogP contribution >= 0.6 is 0 Å². The van der Waals surface area contributed by atoms with E-state index in [2.05, 4.69) is 0 Å². The summed E-state index contributed by atoms with van der Waals surface area (Å²) >= 11 is 0. The van der Waals surface area contributed by atoms with Gasteiger partial charge in [0.15, 0.2) is 0 Å². The minimum Gasteiger partial charge on any atom is -0.480 e. The van der Waals surface area contributed by atoms with Crippen LogP contribution in [0, 0.1) is 0 Å². The molecule has 0 radical (unpaired) electrons. The molecule has 116 valence electrons. The number of amides is 1. The van der Waals surface area contributed by atoms with Crippen LogP contribution in [-0.2, 0) is 4.79 Å². The summed E-state index contributed by atoms with van der Waals surface area (Å²) in [5.41, 5.74) is 0.102. The zero-order valence-electron chi connectivity index (χ0n) is 11.1. The number of halogens is 3. The van der Waals surface area contributed by atoms with Gasteiger partial charge < -0.3 is 14.6 Å². The lowest BCUT2D eigenvalue weighted by molar-refractivity contribution is -0.149. The molecule has 1 aliphatic carbocycles. The van der Waals surface area contributed by atoms with Crippen molar-refractivity contribution in [3.63, 3.8) is 0 Å². The van der Waals surface area contributed by atoms with Gasteiger partial charge in [0, 0.05) is 12.2 Å². The fraction of sp³-hybridized carbons (Fsp3) is 0.538. The third-order valence-corrected chi connectivity index (χ3v) is 3.45. The van der Waals surface area contributed by atoms with Gasteiger partial charge in [-0.3, -0.25) is 9.59 Å². The Balaban J connectivity index is 2.20. The van der Waals surface area contributed by atoms with Gasteiger partial charge in [-0.25, -0.2) is 0 Å². The van der Waals surface area contributed by atoms with E-state index in [0.717, 1.165) is 19.3 Å². The highest BCUT2D eigenvalue weighted by atomic mass is 19.4. The van der Waals surface area contributed by atoms with Crippen molar-refractivity contribution >= 4 is 11.9 Å². The largest absolute Gasteiger partial charge is 0.480 e. The topological polar surface area (TPSA) is 62.5 Å². The molecular weight excluding hydrogens is 289 g/mol. The molecule has 21 heavy (non-hydrogen) atoms. The van der Waals surface area contributed by atoms with E-state index in [-0.39, 0.29) is 11.7 Å². The number of rotatable bonds is 5. The van der Waals surface area contributed by atoms with E-state index in [0.29, 0.717) is 4.90 Å². The van der Waals surface area contributed by atoms with E-state index in [1.165, 1.54) is 6.07 Å². The highest BCUT2D eigenvalue weighted by molar-refractivity contribution is 5.94. The molecule has 1 aliphatic rings. The summed E-state index contributed by atoms with van der Waals surface area (Å²) in [7, 11) is 0. The molecule has 1 aromatic rings. The molecule has 2 rings (SSSR count). The van der Waals surface area contributed by atoms with E-state index in [9.17, 15) is 22.8 Å². The predicted octanol–water partition coefficient (Wildman–Crippen LogP) is 2.30. The van der Waals surface area contributed by atoms with Crippen molar-refractivity contribution in [1.82, 2.24) is 9.47 Å². The molecule has 1 saturated carbocycles. The summed E-state index contributed by atoms with van der Waals surface area (Å²) in [6.07, 6.45) is -0.249. The molecule has 1 aromatic heterocycles. The molecule has 0 atom stereocenters. The van der Waals surface area contributed by atoms with Crippen molar-refractivity contribution in [3.05, 3.63) is 24.0 Å². The van der Waals surface area contributed by atoms with Gasteiger partial charge in [-0.2, -0.15) is 13.2 Å². The highest BCUT2D eigenvalue weighted by Gasteiger charge is 2.35. The van der Waals surface area contributed by atoms with E-state index < -0.39 is 31.1 Å². The van der Waals surface area contributed by atoms with Gasteiger partial charge in [0.25, 0.3) is 5.91 Å². The molecule has 0 aliphatic heterocycles. The second kappa shape index (κ2) is 5.79. The number of hydrogen-bond donors (Lipinski definition) is 1. The summed E-state index contributed by atoms with van der Waals surface area (Å²) in [6.45, 7) is -2.55. The lowest BCUT2D eigenvalue weighted by atomic mass is 9.93. The quantitative estimate of drug-likeness (QED) is 0.908. The average Bonchev–Trinajstić information content (AvgIpc) is 2.71. The van der Waals surface area contributed by atoms with Crippen molar-refractivity contribution < 1.29 is 27.9 Å². The maximum atomic E-state index is 12.5. The normalized spacial score (nSPS) is 15.6. The van der Waals surface area contributed by atoms with Crippen molar-refractivity contribution in [3.8, 4) is 0 Å². The van der Waals surface area contributed by atoms with E-state index in [1.54, 1.807) is 16.8 Å². The Morgan fingerprint density at radius 3 is 2.52 bits per heavy atom. The first-order valence-corrected chi connectivity index (χ1v) is 6.52. The maximum absolute atomic E-state index is 12.5. The molecule has 5 nitrogen and oxygen atoms in total.